The molecule has 1 saturated heterocycles. The van der Waals surface area contributed by atoms with Crippen LogP contribution in [-0.2, 0) is 16.0 Å². The number of rotatable bonds is 9. The second kappa shape index (κ2) is 14.6. The van der Waals surface area contributed by atoms with Gasteiger partial charge in [0.2, 0.25) is 5.91 Å². The molecule has 3 aromatic carbocycles. The number of amides is 2. The average molecular weight is 662 g/mol. The van der Waals surface area contributed by atoms with Crippen molar-refractivity contribution in [2.24, 2.45) is 0 Å². The molecule has 9 heteroatoms. The van der Waals surface area contributed by atoms with E-state index in [2.05, 4.69) is 48.3 Å². The summed E-state index contributed by atoms with van der Waals surface area (Å²) >= 11 is 6.29. The van der Waals surface area contributed by atoms with Crippen LogP contribution >= 0.6 is 11.6 Å². The van der Waals surface area contributed by atoms with E-state index in [1.54, 1.807) is 7.11 Å². The molecule has 8 nitrogen and oxygen atoms in total. The summed E-state index contributed by atoms with van der Waals surface area (Å²) in [5, 5.41) is 3.66. The Labute approximate surface area is 284 Å². The molecule has 47 heavy (non-hydrogen) atoms. The second-order valence-corrected chi connectivity index (χ2v) is 14.1. The van der Waals surface area contributed by atoms with Gasteiger partial charge in [0.05, 0.1) is 25.7 Å². The molecular weight excluding hydrogens is 614 g/mol. The number of ether oxygens (including phenoxy) is 3. The number of carbonyl (C=O) groups is 2. The average Bonchev–Trinajstić information content (AvgIpc) is 3.03. The van der Waals surface area contributed by atoms with Crippen LogP contribution in [0.15, 0.2) is 60.7 Å². The summed E-state index contributed by atoms with van der Waals surface area (Å²) in [7, 11) is 1.63. The van der Waals surface area contributed by atoms with Crippen molar-refractivity contribution in [1.29, 1.82) is 0 Å². The number of piperidine rings is 1. The van der Waals surface area contributed by atoms with Gasteiger partial charge in [0, 0.05) is 35.9 Å². The largest absolute Gasteiger partial charge is 0.493 e. The molecule has 0 bridgehead atoms. The standard InChI is InChI=1S/C38H48ClN3O5/c1-8-24(2)46-34-23-32-28(21-33(34)45-7)22-35(43)42(36(32)27-9-13-29(39)14-10-27)31-15-11-26(12-16-31)25(3)41-19-17-30(18-20-41)40-37(44)47-38(4,5)6/h9-16,21,23-25,30,36H,8,17-20,22H2,1-7H3,(H,40,44)/t24-,25?,36?/m1/s1. The van der Waals surface area contributed by atoms with E-state index >= 15 is 0 Å². The SMILES string of the molecule is CC[C@@H](C)Oc1cc2c(cc1OC)CC(=O)N(c1ccc(C(C)N3CCC(NC(=O)OC(C)(C)C)CC3)cc1)C2c1ccc(Cl)cc1. The number of alkyl carbamates (subject to hydrolysis) is 1. The highest BCUT2D eigenvalue weighted by Crippen LogP contribution is 2.44. The molecule has 0 aliphatic carbocycles. The van der Waals surface area contributed by atoms with Crippen molar-refractivity contribution in [2.75, 3.05) is 25.1 Å². The van der Waals surface area contributed by atoms with Crippen LogP contribution in [0, 0.1) is 0 Å². The van der Waals surface area contributed by atoms with Crippen molar-refractivity contribution in [3.05, 3.63) is 87.9 Å². The molecule has 2 aliphatic heterocycles. The van der Waals surface area contributed by atoms with Crippen LogP contribution in [0.25, 0.3) is 0 Å². The van der Waals surface area contributed by atoms with E-state index in [1.807, 2.05) is 69.0 Å². The van der Waals surface area contributed by atoms with E-state index in [-0.39, 0.29) is 42.7 Å². The lowest BCUT2D eigenvalue weighted by molar-refractivity contribution is -0.118. The maximum Gasteiger partial charge on any atom is 0.407 e. The molecule has 252 valence electrons. The van der Waals surface area contributed by atoms with Gasteiger partial charge in [-0.1, -0.05) is 42.8 Å². The summed E-state index contributed by atoms with van der Waals surface area (Å²) in [6.45, 7) is 13.7. The van der Waals surface area contributed by atoms with Crippen LogP contribution in [0.1, 0.15) is 95.1 Å². The van der Waals surface area contributed by atoms with Gasteiger partial charge in [-0.15, -0.1) is 0 Å². The molecule has 2 aliphatic rings. The zero-order valence-corrected chi connectivity index (χ0v) is 29.4. The Morgan fingerprint density at radius 2 is 1.66 bits per heavy atom. The maximum atomic E-state index is 13.9. The van der Waals surface area contributed by atoms with Crippen LogP contribution in [0.3, 0.4) is 0 Å². The molecule has 5 rings (SSSR count). The van der Waals surface area contributed by atoms with Gasteiger partial charge >= 0.3 is 6.09 Å². The lowest BCUT2D eigenvalue weighted by atomic mass is 9.86. The van der Waals surface area contributed by atoms with E-state index < -0.39 is 5.60 Å². The third kappa shape index (κ3) is 8.22. The number of methoxy groups -OCH3 is 1. The van der Waals surface area contributed by atoms with Crippen molar-refractivity contribution < 1.29 is 23.8 Å². The van der Waals surface area contributed by atoms with Gasteiger partial charge in [0.15, 0.2) is 11.5 Å². The Morgan fingerprint density at radius 1 is 1.00 bits per heavy atom. The fourth-order valence-corrected chi connectivity index (χ4v) is 6.53. The minimum Gasteiger partial charge on any atom is -0.493 e. The summed E-state index contributed by atoms with van der Waals surface area (Å²) in [6, 6.07) is 20.0. The summed E-state index contributed by atoms with van der Waals surface area (Å²) in [5.41, 5.74) is 4.39. The van der Waals surface area contributed by atoms with E-state index in [4.69, 9.17) is 25.8 Å². The Bertz CT molecular complexity index is 1550. The smallest absolute Gasteiger partial charge is 0.407 e. The number of nitrogens with zero attached hydrogens (tertiary/aromatic N) is 2. The first-order chi connectivity index (χ1) is 22.4. The number of anilines is 1. The monoisotopic (exact) mass is 661 g/mol. The molecule has 3 aromatic rings. The van der Waals surface area contributed by atoms with E-state index in [9.17, 15) is 9.59 Å². The number of fused-ring (bicyclic) bond motifs is 1. The highest BCUT2D eigenvalue weighted by Gasteiger charge is 2.36. The third-order valence-corrected chi connectivity index (χ3v) is 9.38. The van der Waals surface area contributed by atoms with Gasteiger partial charge in [-0.25, -0.2) is 4.79 Å². The first kappa shape index (κ1) is 34.6. The lowest BCUT2D eigenvalue weighted by Crippen LogP contribution is -2.46. The molecule has 0 radical (unpaired) electrons. The Kier molecular flexibility index (Phi) is 10.7. The molecule has 2 unspecified atom stereocenters. The van der Waals surface area contributed by atoms with E-state index in [0.29, 0.717) is 16.5 Å². The number of benzene rings is 3. The van der Waals surface area contributed by atoms with Gasteiger partial charge in [-0.05, 0) is 113 Å². The minimum absolute atomic E-state index is 0.00968. The van der Waals surface area contributed by atoms with Crippen molar-refractivity contribution in [3.8, 4) is 11.5 Å². The van der Waals surface area contributed by atoms with Crippen molar-refractivity contribution in [2.45, 2.75) is 97.1 Å². The van der Waals surface area contributed by atoms with Crippen LogP contribution in [0.4, 0.5) is 10.5 Å². The Balaban J connectivity index is 1.38. The zero-order valence-electron chi connectivity index (χ0n) is 28.6. The number of halogens is 1. The highest BCUT2D eigenvalue weighted by molar-refractivity contribution is 6.30. The van der Waals surface area contributed by atoms with Gasteiger partial charge in [0.25, 0.3) is 0 Å². The van der Waals surface area contributed by atoms with Gasteiger partial charge in [-0.3, -0.25) is 9.69 Å². The van der Waals surface area contributed by atoms with E-state index in [0.717, 1.165) is 54.7 Å². The first-order valence-electron chi connectivity index (χ1n) is 16.6. The number of hydrogen-bond donors (Lipinski definition) is 1. The fraction of sp³-hybridized carbons (Fsp3) is 0.474. The molecule has 2 heterocycles. The molecule has 0 saturated carbocycles. The fourth-order valence-electron chi connectivity index (χ4n) is 6.40. The normalized spacial score (nSPS) is 18.7. The lowest BCUT2D eigenvalue weighted by Gasteiger charge is -2.39. The Hall–Kier alpha value is -3.75. The minimum atomic E-state index is -0.513. The number of likely N-dealkylation sites (tertiary alicyclic amines) is 1. The molecule has 1 fully saturated rings. The molecule has 3 atom stereocenters. The Morgan fingerprint density at radius 3 is 2.26 bits per heavy atom. The van der Waals surface area contributed by atoms with Crippen LogP contribution in [0.2, 0.25) is 5.02 Å². The quantitative estimate of drug-likeness (QED) is 0.249. The van der Waals surface area contributed by atoms with Gasteiger partial charge < -0.3 is 24.4 Å². The molecule has 0 aromatic heterocycles. The summed E-state index contributed by atoms with van der Waals surface area (Å²) in [6.07, 6.45) is 2.49. The maximum absolute atomic E-state index is 13.9. The number of hydrogen-bond acceptors (Lipinski definition) is 6. The molecular formula is C38H48ClN3O5. The second-order valence-electron chi connectivity index (χ2n) is 13.7. The van der Waals surface area contributed by atoms with Crippen LogP contribution in [0.5, 0.6) is 11.5 Å². The molecule has 0 spiro atoms. The number of carbonyl (C=O) groups excluding carboxylic acids is 2. The third-order valence-electron chi connectivity index (χ3n) is 9.13. The molecule has 1 N–H and O–H groups in total. The zero-order chi connectivity index (χ0) is 33.9. The topological polar surface area (TPSA) is 80.3 Å². The van der Waals surface area contributed by atoms with Gasteiger partial charge in [-0.2, -0.15) is 0 Å². The molecule has 2 amide bonds. The predicted octanol–water partition coefficient (Wildman–Crippen LogP) is 8.25. The van der Waals surface area contributed by atoms with Gasteiger partial charge in [0.1, 0.15) is 5.60 Å². The predicted molar refractivity (Wildman–Crippen MR) is 187 cm³/mol. The number of nitrogens with one attached hydrogen (secondary N) is 1. The summed E-state index contributed by atoms with van der Waals surface area (Å²) in [4.78, 5) is 30.5. The van der Waals surface area contributed by atoms with Crippen molar-refractivity contribution in [3.63, 3.8) is 0 Å². The first-order valence-corrected chi connectivity index (χ1v) is 17.0. The van der Waals surface area contributed by atoms with E-state index in [1.165, 1.54) is 5.56 Å². The van der Waals surface area contributed by atoms with Crippen LogP contribution < -0.4 is 19.7 Å². The summed E-state index contributed by atoms with van der Waals surface area (Å²) < 4.78 is 17.4. The van der Waals surface area contributed by atoms with Crippen molar-refractivity contribution in [1.82, 2.24) is 10.2 Å². The van der Waals surface area contributed by atoms with Crippen LogP contribution in [-0.4, -0.2) is 54.8 Å². The van der Waals surface area contributed by atoms with Crippen molar-refractivity contribution >= 4 is 29.3 Å². The summed E-state index contributed by atoms with van der Waals surface area (Å²) in [5.74, 6) is 1.31. The highest BCUT2D eigenvalue weighted by atomic mass is 35.5.